The highest BCUT2D eigenvalue weighted by molar-refractivity contribution is 5.32. The highest BCUT2D eigenvalue weighted by Gasteiger charge is 2.02. The van der Waals surface area contributed by atoms with Crippen molar-refractivity contribution in [1.82, 2.24) is 15.3 Å². The van der Waals surface area contributed by atoms with E-state index in [4.69, 9.17) is 0 Å². The van der Waals surface area contributed by atoms with Gasteiger partial charge in [0, 0.05) is 18.9 Å². The second-order valence-corrected chi connectivity index (χ2v) is 3.48. The molecule has 1 aromatic heterocycles. The smallest absolute Gasteiger partial charge is 0.104 e. The third-order valence-electron chi connectivity index (χ3n) is 2.09. The van der Waals surface area contributed by atoms with E-state index >= 15 is 0 Å². The minimum atomic E-state index is 0.438. The predicted octanol–water partition coefficient (Wildman–Crippen LogP) is -0.278. The van der Waals surface area contributed by atoms with Crippen molar-refractivity contribution in [2.75, 3.05) is 6.54 Å². The summed E-state index contributed by atoms with van der Waals surface area (Å²) in [6.07, 6.45) is 5.83. The number of hydrogen-bond acceptors (Lipinski definition) is 3. The fourth-order valence-electron chi connectivity index (χ4n) is 1.28. The molecule has 0 radical (unpaired) electrons. The molecule has 1 aliphatic heterocycles. The molecule has 2 rings (SSSR count). The summed E-state index contributed by atoms with van der Waals surface area (Å²) in [7, 11) is 0. The van der Waals surface area contributed by atoms with Crippen LogP contribution in [0, 0.1) is 0 Å². The highest BCUT2D eigenvalue weighted by Crippen LogP contribution is 2.05. The summed E-state index contributed by atoms with van der Waals surface area (Å²) in [4.78, 5) is 8.85. The summed E-state index contributed by atoms with van der Waals surface area (Å²) >= 11 is 0. The van der Waals surface area contributed by atoms with Crippen molar-refractivity contribution < 1.29 is 0 Å². The van der Waals surface area contributed by atoms with Crippen molar-refractivity contribution in [3.63, 3.8) is 0 Å². The van der Waals surface area contributed by atoms with Crippen LogP contribution in [0.15, 0.2) is 6.20 Å². The first-order valence-corrected chi connectivity index (χ1v) is 4.54. The zero-order valence-electron chi connectivity index (χ0n) is 7.91. The van der Waals surface area contributed by atoms with E-state index in [1.54, 1.807) is 0 Å². The molecule has 0 bridgehead atoms. The molecule has 1 aliphatic rings. The van der Waals surface area contributed by atoms with Gasteiger partial charge in [-0.15, -0.1) is 0 Å². The number of rotatable bonds is 1. The lowest BCUT2D eigenvalue weighted by molar-refractivity contribution is 0.794. The van der Waals surface area contributed by atoms with Gasteiger partial charge in [-0.25, -0.2) is 4.98 Å². The normalized spacial score (nSPS) is 14.1. The van der Waals surface area contributed by atoms with Crippen LogP contribution in [0.1, 0.15) is 25.5 Å². The van der Waals surface area contributed by atoms with E-state index in [2.05, 4.69) is 29.1 Å². The van der Waals surface area contributed by atoms with Gasteiger partial charge in [0.15, 0.2) is 0 Å². The number of nitrogens with zero attached hydrogens (tertiary/aromatic N) is 2. The largest absolute Gasteiger partial charge is 0.386 e. The molecule has 3 heteroatoms. The van der Waals surface area contributed by atoms with Crippen LogP contribution in [-0.2, 0) is 0 Å². The van der Waals surface area contributed by atoms with Gasteiger partial charge in [-0.1, -0.05) is 13.8 Å². The second-order valence-electron chi connectivity index (χ2n) is 3.48. The van der Waals surface area contributed by atoms with Crippen LogP contribution in [-0.4, -0.2) is 16.5 Å². The summed E-state index contributed by atoms with van der Waals surface area (Å²) in [5.41, 5.74) is 1.05. The van der Waals surface area contributed by atoms with Crippen LogP contribution >= 0.6 is 0 Å². The molecule has 0 fully saturated rings. The Morgan fingerprint density at radius 3 is 3.00 bits per heavy atom. The van der Waals surface area contributed by atoms with Gasteiger partial charge >= 0.3 is 0 Å². The fourth-order valence-corrected chi connectivity index (χ4v) is 1.28. The van der Waals surface area contributed by atoms with Gasteiger partial charge in [0.25, 0.3) is 0 Å². The molecule has 1 N–H and O–H groups in total. The topological polar surface area (TPSA) is 37.8 Å². The SMILES string of the molecule is CC(C)c1cnc2c(n1)=CNCC=2. The second kappa shape index (κ2) is 3.17. The first-order chi connectivity index (χ1) is 6.27. The summed E-state index contributed by atoms with van der Waals surface area (Å²) in [5, 5.41) is 5.07. The van der Waals surface area contributed by atoms with E-state index in [-0.39, 0.29) is 0 Å². The Hall–Kier alpha value is -1.38. The Labute approximate surface area is 77.2 Å². The van der Waals surface area contributed by atoms with Gasteiger partial charge in [0.05, 0.1) is 11.0 Å². The molecule has 0 unspecified atom stereocenters. The quantitative estimate of drug-likeness (QED) is 0.638. The molecule has 68 valence electrons. The van der Waals surface area contributed by atoms with E-state index in [9.17, 15) is 0 Å². The number of aromatic nitrogens is 2. The Balaban J connectivity index is 2.60. The van der Waals surface area contributed by atoms with Crippen molar-refractivity contribution in [2.45, 2.75) is 19.8 Å². The average molecular weight is 175 g/mol. The average Bonchev–Trinajstić information content (AvgIpc) is 2.17. The zero-order valence-corrected chi connectivity index (χ0v) is 7.91. The van der Waals surface area contributed by atoms with Gasteiger partial charge in [0.1, 0.15) is 5.35 Å². The predicted molar refractivity (Wildman–Crippen MR) is 52.3 cm³/mol. The summed E-state index contributed by atoms with van der Waals surface area (Å²) in [6, 6.07) is 0. The maximum atomic E-state index is 4.50. The van der Waals surface area contributed by atoms with Crippen molar-refractivity contribution in [2.24, 2.45) is 0 Å². The van der Waals surface area contributed by atoms with Crippen LogP contribution in [0.5, 0.6) is 0 Å². The van der Waals surface area contributed by atoms with Gasteiger partial charge in [-0.3, -0.25) is 4.98 Å². The monoisotopic (exact) mass is 175 g/mol. The zero-order chi connectivity index (χ0) is 9.26. The Morgan fingerprint density at radius 1 is 1.38 bits per heavy atom. The van der Waals surface area contributed by atoms with Crippen molar-refractivity contribution in [3.8, 4) is 0 Å². The van der Waals surface area contributed by atoms with Crippen molar-refractivity contribution in [1.29, 1.82) is 0 Å². The molecular formula is C10H13N3. The molecular weight excluding hydrogens is 162 g/mol. The van der Waals surface area contributed by atoms with Gasteiger partial charge in [0.2, 0.25) is 0 Å². The van der Waals surface area contributed by atoms with Gasteiger partial charge in [-0.05, 0) is 12.0 Å². The number of fused-ring (bicyclic) bond motifs is 1. The highest BCUT2D eigenvalue weighted by atomic mass is 14.9. The molecule has 13 heavy (non-hydrogen) atoms. The fraction of sp³-hybridized carbons (Fsp3) is 0.400. The molecule has 0 amide bonds. The van der Waals surface area contributed by atoms with E-state index in [1.165, 1.54) is 0 Å². The first kappa shape index (κ1) is 8.23. The molecule has 2 heterocycles. The number of nitrogens with one attached hydrogen (secondary N) is 1. The van der Waals surface area contributed by atoms with Gasteiger partial charge < -0.3 is 5.32 Å². The van der Waals surface area contributed by atoms with Crippen LogP contribution in [0.4, 0.5) is 0 Å². The third kappa shape index (κ3) is 1.54. The Bertz CT molecular complexity index is 420. The summed E-state index contributed by atoms with van der Waals surface area (Å²) in [6.45, 7) is 5.09. The molecule has 3 nitrogen and oxygen atoms in total. The Morgan fingerprint density at radius 2 is 2.23 bits per heavy atom. The molecule has 1 aromatic rings. The molecule has 0 atom stereocenters. The molecule has 0 aliphatic carbocycles. The van der Waals surface area contributed by atoms with E-state index < -0.39 is 0 Å². The Kier molecular flexibility index (Phi) is 2.00. The van der Waals surface area contributed by atoms with Crippen molar-refractivity contribution >= 4 is 12.3 Å². The standard InChI is InChI=1S/C10H13N3/c1-7(2)9-6-12-8-3-4-11-5-10(8)13-9/h3,5-7,11H,4H2,1-2H3. The summed E-state index contributed by atoms with van der Waals surface area (Å²) < 4.78 is 0. The molecule has 0 spiro atoms. The van der Waals surface area contributed by atoms with E-state index in [0.717, 1.165) is 22.9 Å². The molecule has 0 aromatic carbocycles. The van der Waals surface area contributed by atoms with Crippen LogP contribution in [0.3, 0.4) is 0 Å². The number of hydrogen-bond donors (Lipinski definition) is 1. The minimum absolute atomic E-state index is 0.438. The minimum Gasteiger partial charge on any atom is -0.386 e. The van der Waals surface area contributed by atoms with Crippen molar-refractivity contribution in [3.05, 3.63) is 22.6 Å². The lowest BCUT2D eigenvalue weighted by Crippen LogP contribution is -2.38. The van der Waals surface area contributed by atoms with Crippen LogP contribution in [0.2, 0.25) is 0 Å². The molecule has 0 saturated heterocycles. The third-order valence-corrected chi connectivity index (χ3v) is 2.09. The van der Waals surface area contributed by atoms with Crippen LogP contribution < -0.4 is 16.0 Å². The van der Waals surface area contributed by atoms with E-state index in [0.29, 0.717) is 5.92 Å². The van der Waals surface area contributed by atoms with Crippen LogP contribution in [0.25, 0.3) is 12.3 Å². The van der Waals surface area contributed by atoms with Gasteiger partial charge in [-0.2, -0.15) is 0 Å². The maximum absolute atomic E-state index is 4.50. The summed E-state index contributed by atoms with van der Waals surface area (Å²) in [5.74, 6) is 0.438. The lowest BCUT2D eigenvalue weighted by Gasteiger charge is -2.05. The first-order valence-electron chi connectivity index (χ1n) is 4.54. The van der Waals surface area contributed by atoms with E-state index in [1.807, 2.05) is 18.5 Å². The maximum Gasteiger partial charge on any atom is 0.104 e. The lowest BCUT2D eigenvalue weighted by atomic mass is 10.1. The molecule has 0 saturated carbocycles.